The fraction of sp³-hybridized carbons (Fsp3) is 0.444. The molecule has 186 valence electrons. The van der Waals surface area contributed by atoms with E-state index >= 15 is 0 Å². The summed E-state index contributed by atoms with van der Waals surface area (Å²) in [5.41, 5.74) is 1.02. The number of piperidine rings is 1. The summed E-state index contributed by atoms with van der Waals surface area (Å²) in [5.74, 6) is 0.0505. The third kappa shape index (κ3) is 6.14. The molecule has 4 rings (SSSR count). The van der Waals surface area contributed by atoms with E-state index in [2.05, 4.69) is 10.6 Å². The van der Waals surface area contributed by atoms with Crippen LogP contribution in [-0.4, -0.2) is 54.9 Å². The molecule has 1 aliphatic carbocycles. The normalized spacial score (nSPS) is 22.2. The summed E-state index contributed by atoms with van der Waals surface area (Å²) in [6.07, 6.45) is 5.12. The Balaban J connectivity index is 1.36. The maximum Gasteiger partial charge on any atom is 0.255 e. The SMILES string of the molecule is COc1ccc(C(=O)N[C@@H]2CCCC[C@H]2NC(=O)C2CCCN(C(=O)c3ccccc3Cl)C2)cc1. The molecular weight excluding hydrogens is 466 g/mol. The minimum atomic E-state index is -0.282. The van der Waals surface area contributed by atoms with Crippen LogP contribution in [0.5, 0.6) is 5.75 Å². The molecule has 8 heteroatoms. The molecule has 0 spiro atoms. The number of hydrogen-bond donors (Lipinski definition) is 2. The van der Waals surface area contributed by atoms with Crippen LogP contribution < -0.4 is 15.4 Å². The third-order valence-electron chi connectivity index (χ3n) is 6.95. The van der Waals surface area contributed by atoms with Gasteiger partial charge in [0.25, 0.3) is 11.8 Å². The number of carbonyl (C=O) groups is 3. The predicted octanol–water partition coefficient (Wildman–Crippen LogP) is 4.06. The molecule has 2 N–H and O–H groups in total. The van der Waals surface area contributed by atoms with E-state index in [0.717, 1.165) is 38.5 Å². The molecule has 0 bridgehead atoms. The highest BCUT2D eigenvalue weighted by Gasteiger charge is 2.33. The van der Waals surface area contributed by atoms with Crippen LogP contribution in [0.4, 0.5) is 0 Å². The van der Waals surface area contributed by atoms with Crippen LogP contribution in [0.25, 0.3) is 0 Å². The van der Waals surface area contributed by atoms with E-state index in [1.807, 2.05) is 0 Å². The number of halogens is 1. The first-order chi connectivity index (χ1) is 17.0. The molecule has 1 aliphatic heterocycles. The van der Waals surface area contributed by atoms with Gasteiger partial charge in [-0.3, -0.25) is 14.4 Å². The molecule has 2 aromatic carbocycles. The standard InChI is InChI=1S/C27H32ClN3O4/c1-35-20-14-12-18(13-15-20)25(32)29-23-10-4-5-11-24(23)30-26(33)19-7-6-16-31(17-19)27(34)21-8-2-3-9-22(21)28/h2-3,8-9,12-15,19,23-24H,4-7,10-11,16-17H2,1H3,(H,29,32)(H,30,33)/t19?,23-,24-/m1/s1. The van der Waals surface area contributed by atoms with E-state index in [4.69, 9.17) is 16.3 Å². The summed E-state index contributed by atoms with van der Waals surface area (Å²) >= 11 is 6.22. The van der Waals surface area contributed by atoms with Crippen LogP contribution >= 0.6 is 11.6 Å². The van der Waals surface area contributed by atoms with Crippen molar-refractivity contribution < 1.29 is 19.1 Å². The molecule has 2 aliphatic rings. The first-order valence-electron chi connectivity index (χ1n) is 12.3. The molecule has 1 saturated heterocycles. The van der Waals surface area contributed by atoms with Gasteiger partial charge in [0.1, 0.15) is 5.75 Å². The quantitative estimate of drug-likeness (QED) is 0.630. The maximum absolute atomic E-state index is 13.2. The van der Waals surface area contributed by atoms with E-state index in [9.17, 15) is 14.4 Å². The number of hydrogen-bond acceptors (Lipinski definition) is 4. The molecule has 2 fully saturated rings. The highest BCUT2D eigenvalue weighted by Crippen LogP contribution is 2.24. The fourth-order valence-electron chi connectivity index (χ4n) is 4.95. The summed E-state index contributed by atoms with van der Waals surface area (Å²) in [4.78, 5) is 40.7. The summed E-state index contributed by atoms with van der Waals surface area (Å²) in [6, 6.07) is 13.7. The molecular formula is C27H32ClN3O4. The van der Waals surface area contributed by atoms with Crippen molar-refractivity contribution in [1.29, 1.82) is 0 Å². The molecule has 0 aromatic heterocycles. The summed E-state index contributed by atoms with van der Waals surface area (Å²) < 4.78 is 5.16. The minimum Gasteiger partial charge on any atom is -0.497 e. The molecule has 35 heavy (non-hydrogen) atoms. The van der Waals surface area contributed by atoms with Crippen LogP contribution in [0.15, 0.2) is 48.5 Å². The van der Waals surface area contributed by atoms with Gasteiger partial charge in [0, 0.05) is 30.7 Å². The van der Waals surface area contributed by atoms with Gasteiger partial charge in [-0.15, -0.1) is 0 Å². The Kier molecular flexibility index (Phi) is 8.29. The molecule has 7 nitrogen and oxygen atoms in total. The van der Waals surface area contributed by atoms with E-state index in [-0.39, 0.29) is 35.7 Å². The van der Waals surface area contributed by atoms with Crippen molar-refractivity contribution in [1.82, 2.24) is 15.5 Å². The zero-order chi connectivity index (χ0) is 24.8. The average Bonchev–Trinajstić information content (AvgIpc) is 2.89. The van der Waals surface area contributed by atoms with Gasteiger partial charge in [-0.2, -0.15) is 0 Å². The smallest absolute Gasteiger partial charge is 0.255 e. The second-order valence-corrected chi connectivity index (χ2v) is 9.69. The summed E-state index contributed by atoms with van der Waals surface area (Å²) in [5, 5.41) is 6.72. The van der Waals surface area contributed by atoms with Gasteiger partial charge in [-0.1, -0.05) is 36.6 Å². The van der Waals surface area contributed by atoms with Gasteiger partial charge in [0.15, 0.2) is 0 Å². The van der Waals surface area contributed by atoms with Crippen molar-refractivity contribution in [2.45, 2.75) is 50.6 Å². The monoisotopic (exact) mass is 497 g/mol. The lowest BCUT2D eigenvalue weighted by molar-refractivity contribution is -0.127. The van der Waals surface area contributed by atoms with Gasteiger partial charge in [-0.25, -0.2) is 0 Å². The Morgan fingerprint density at radius 1 is 0.914 bits per heavy atom. The lowest BCUT2D eigenvalue weighted by Gasteiger charge is -2.36. The Labute approximate surface area is 211 Å². The lowest BCUT2D eigenvalue weighted by Crippen LogP contribution is -2.55. The lowest BCUT2D eigenvalue weighted by atomic mass is 9.88. The minimum absolute atomic E-state index is 0.0581. The van der Waals surface area contributed by atoms with Crippen LogP contribution in [0.1, 0.15) is 59.2 Å². The second-order valence-electron chi connectivity index (χ2n) is 9.28. The van der Waals surface area contributed by atoms with Crippen molar-refractivity contribution in [3.8, 4) is 5.75 Å². The van der Waals surface area contributed by atoms with Crippen molar-refractivity contribution in [3.05, 3.63) is 64.7 Å². The molecule has 1 unspecified atom stereocenters. The van der Waals surface area contributed by atoms with Crippen LogP contribution in [-0.2, 0) is 4.79 Å². The average molecular weight is 498 g/mol. The number of amides is 3. The van der Waals surface area contributed by atoms with E-state index in [1.54, 1.807) is 60.5 Å². The number of benzene rings is 2. The van der Waals surface area contributed by atoms with E-state index < -0.39 is 0 Å². The topological polar surface area (TPSA) is 87.7 Å². The van der Waals surface area contributed by atoms with Crippen molar-refractivity contribution in [2.75, 3.05) is 20.2 Å². The number of carbonyl (C=O) groups excluding carboxylic acids is 3. The number of ether oxygens (including phenoxy) is 1. The molecule has 3 amide bonds. The molecule has 3 atom stereocenters. The number of likely N-dealkylation sites (tertiary alicyclic amines) is 1. The molecule has 2 aromatic rings. The highest BCUT2D eigenvalue weighted by atomic mass is 35.5. The van der Waals surface area contributed by atoms with Gasteiger partial charge < -0.3 is 20.3 Å². The fourth-order valence-corrected chi connectivity index (χ4v) is 5.17. The number of nitrogens with zero attached hydrogens (tertiary/aromatic N) is 1. The van der Waals surface area contributed by atoms with Crippen LogP contribution in [0.2, 0.25) is 5.02 Å². The van der Waals surface area contributed by atoms with Gasteiger partial charge >= 0.3 is 0 Å². The summed E-state index contributed by atoms with van der Waals surface area (Å²) in [6.45, 7) is 0.975. The second kappa shape index (κ2) is 11.6. The highest BCUT2D eigenvalue weighted by molar-refractivity contribution is 6.33. The zero-order valence-corrected chi connectivity index (χ0v) is 20.7. The van der Waals surface area contributed by atoms with Gasteiger partial charge in [0.05, 0.1) is 23.6 Å². The Morgan fingerprint density at radius 3 is 2.29 bits per heavy atom. The maximum atomic E-state index is 13.2. The first kappa shape index (κ1) is 25.0. The van der Waals surface area contributed by atoms with Crippen LogP contribution in [0, 0.1) is 5.92 Å². The Morgan fingerprint density at radius 2 is 1.60 bits per heavy atom. The van der Waals surface area contributed by atoms with Crippen molar-refractivity contribution in [3.63, 3.8) is 0 Å². The predicted molar refractivity (Wildman–Crippen MR) is 135 cm³/mol. The molecule has 1 heterocycles. The summed E-state index contributed by atoms with van der Waals surface area (Å²) in [7, 11) is 1.59. The number of methoxy groups -OCH3 is 1. The third-order valence-corrected chi connectivity index (χ3v) is 7.28. The van der Waals surface area contributed by atoms with E-state index in [0.29, 0.717) is 35.0 Å². The van der Waals surface area contributed by atoms with Gasteiger partial charge in [-0.05, 0) is 62.1 Å². The Bertz CT molecular complexity index is 1060. The molecule has 0 radical (unpaired) electrons. The number of nitrogens with one attached hydrogen (secondary N) is 2. The molecule has 1 saturated carbocycles. The van der Waals surface area contributed by atoms with Crippen molar-refractivity contribution in [2.24, 2.45) is 5.92 Å². The van der Waals surface area contributed by atoms with E-state index in [1.165, 1.54) is 0 Å². The van der Waals surface area contributed by atoms with Crippen molar-refractivity contribution >= 4 is 29.3 Å². The van der Waals surface area contributed by atoms with Gasteiger partial charge in [0.2, 0.25) is 5.91 Å². The largest absolute Gasteiger partial charge is 0.497 e. The number of rotatable bonds is 6. The first-order valence-corrected chi connectivity index (χ1v) is 12.6. The van der Waals surface area contributed by atoms with Crippen LogP contribution in [0.3, 0.4) is 0 Å². The zero-order valence-electron chi connectivity index (χ0n) is 20.0. The Hall–Kier alpha value is -3.06.